The van der Waals surface area contributed by atoms with Gasteiger partial charge in [0.2, 0.25) is 5.91 Å². The highest BCUT2D eigenvalue weighted by molar-refractivity contribution is 7.13. The van der Waals surface area contributed by atoms with Crippen LogP contribution in [0.3, 0.4) is 0 Å². The van der Waals surface area contributed by atoms with Gasteiger partial charge in [-0.25, -0.2) is 4.98 Å². The second-order valence-electron chi connectivity index (χ2n) is 8.38. The van der Waals surface area contributed by atoms with Gasteiger partial charge in [0, 0.05) is 28.9 Å². The Bertz CT molecular complexity index is 1120. The molecule has 1 fully saturated rings. The van der Waals surface area contributed by atoms with Crippen LogP contribution in [0.4, 0.5) is 5.13 Å². The summed E-state index contributed by atoms with van der Waals surface area (Å²) in [5.41, 5.74) is 2.23. The quantitative estimate of drug-likeness (QED) is 0.519. The summed E-state index contributed by atoms with van der Waals surface area (Å²) in [5.74, 6) is 0.973. The van der Waals surface area contributed by atoms with Crippen molar-refractivity contribution in [1.29, 1.82) is 0 Å². The first kappa shape index (κ1) is 22.3. The summed E-state index contributed by atoms with van der Waals surface area (Å²) < 4.78 is 7.13. The van der Waals surface area contributed by atoms with E-state index < -0.39 is 6.04 Å². The van der Waals surface area contributed by atoms with Crippen LogP contribution in [0, 0.1) is 12.8 Å². The van der Waals surface area contributed by atoms with Crippen molar-refractivity contribution < 1.29 is 9.53 Å². The van der Waals surface area contributed by atoms with Crippen molar-refractivity contribution in [3.05, 3.63) is 64.0 Å². The number of para-hydroxylation sites is 1. The summed E-state index contributed by atoms with van der Waals surface area (Å²) in [4.78, 5) is 30.9. The summed E-state index contributed by atoms with van der Waals surface area (Å²) >= 11 is 1.38. The lowest BCUT2D eigenvalue weighted by Gasteiger charge is -2.28. The van der Waals surface area contributed by atoms with Crippen molar-refractivity contribution in [2.45, 2.75) is 51.5 Å². The number of methoxy groups -OCH3 is 1. The number of hydrogen-bond donors (Lipinski definition) is 1. The highest BCUT2D eigenvalue weighted by atomic mass is 32.1. The monoisotopic (exact) mass is 451 g/mol. The number of aromatic nitrogens is 2. The molecule has 1 aliphatic carbocycles. The van der Waals surface area contributed by atoms with Gasteiger partial charge in [-0.3, -0.25) is 9.59 Å². The molecule has 0 spiro atoms. The molecule has 0 radical (unpaired) electrons. The molecule has 2 aromatic heterocycles. The molecule has 6 nitrogen and oxygen atoms in total. The number of ether oxygens (including phenoxy) is 1. The van der Waals surface area contributed by atoms with E-state index in [1.54, 1.807) is 23.9 Å². The van der Waals surface area contributed by atoms with Crippen LogP contribution in [0.1, 0.15) is 50.3 Å². The van der Waals surface area contributed by atoms with E-state index in [1.165, 1.54) is 30.6 Å². The zero-order valence-corrected chi connectivity index (χ0v) is 19.4. The first-order valence-corrected chi connectivity index (χ1v) is 12.0. The number of benzene rings is 1. The van der Waals surface area contributed by atoms with Gasteiger partial charge in [0.1, 0.15) is 11.8 Å². The fraction of sp³-hybridized carbons (Fsp3) is 0.400. The Hall–Kier alpha value is -2.93. The van der Waals surface area contributed by atoms with E-state index >= 15 is 0 Å². The number of hydrogen-bond acceptors (Lipinski definition) is 5. The zero-order valence-electron chi connectivity index (χ0n) is 18.5. The van der Waals surface area contributed by atoms with Gasteiger partial charge < -0.3 is 14.6 Å². The third kappa shape index (κ3) is 4.93. The van der Waals surface area contributed by atoms with E-state index in [2.05, 4.69) is 10.3 Å². The summed E-state index contributed by atoms with van der Waals surface area (Å²) in [6.45, 7) is 1.89. The maximum absolute atomic E-state index is 13.4. The number of nitrogens with zero attached hydrogens (tertiary/aromatic N) is 2. The fourth-order valence-electron chi connectivity index (χ4n) is 4.69. The zero-order chi connectivity index (χ0) is 22.5. The van der Waals surface area contributed by atoms with Crippen molar-refractivity contribution in [2.75, 3.05) is 12.4 Å². The van der Waals surface area contributed by atoms with Gasteiger partial charge >= 0.3 is 0 Å². The van der Waals surface area contributed by atoms with Crippen LogP contribution in [-0.4, -0.2) is 22.6 Å². The Kier molecular flexibility index (Phi) is 7.05. The molecule has 3 aromatic rings. The minimum absolute atomic E-state index is 0.180. The Morgan fingerprint density at radius 1 is 1.25 bits per heavy atom. The van der Waals surface area contributed by atoms with Crippen molar-refractivity contribution in [1.82, 2.24) is 9.55 Å². The highest BCUT2D eigenvalue weighted by Gasteiger charge is 2.28. The number of nitrogens with one attached hydrogen (secondary N) is 1. The van der Waals surface area contributed by atoms with E-state index in [1.807, 2.05) is 42.6 Å². The average molecular weight is 452 g/mol. The van der Waals surface area contributed by atoms with Crippen LogP contribution in [-0.2, 0) is 4.79 Å². The minimum Gasteiger partial charge on any atom is -0.496 e. The third-order valence-corrected chi connectivity index (χ3v) is 6.93. The van der Waals surface area contributed by atoms with Crippen LogP contribution in [0.5, 0.6) is 5.75 Å². The molecule has 1 N–H and O–H groups in total. The molecule has 7 heteroatoms. The maximum atomic E-state index is 13.4. The van der Waals surface area contributed by atoms with Crippen LogP contribution in [0.2, 0.25) is 0 Å². The maximum Gasteiger partial charge on any atom is 0.252 e. The van der Waals surface area contributed by atoms with Gasteiger partial charge in [0.05, 0.1) is 7.11 Å². The number of rotatable bonds is 7. The molecule has 1 atom stereocenters. The van der Waals surface area contributed by atoms with Crippen LogP contribution >= 0.6 is 11.3 Å². The second kappa shape index (κ2) is 10.1. The Balaban J connectivity index is 1.70. The first-order chi connectivity index (χ1) is 15.6. The topological polar surface area (TPSA) is 73.2 Å². The largest absolute Gasteiger partial charge is 0.496 e. The first-order valence-electron chi connectivity index (χ1n) is 11.1. The molecule has 168 valence electrons. The van der Waals surface area contributed by atoms with Gasteiger partial charge in [-0.05, 0) is 37.0 Å². The summed E-state index contributed by atoms with van der Waals surface area (Å²) in [5, 5.41) is 5.30. The molecule has 1 amide bonds. The molecule has 0 bridgehead atoms. The number of anilines is 1. The average Bonchev–Trinajstić information content (AvgIpc) is 3.31. The number of carbonyl (C=O) groups excluding carboxylic acids is 1. The predicted octanol–water partition coefficient (Wildman–Crippen LogP) is 5.44. The van der Waals surface area contributed by atoms with Crippen LogP contribution in [0.15, 0.2) is 52.8 Å². The van der Waals surface area contributed by atoms with Gasteiger partial charge in [-0.1, -0.05) is 50.3 Å². The van der Waals surface area contributed by atoms with Crippen LogP contribution in [0.25, 0.3) is 11.1 Å². The minimum atomic E-state index is -0.568. The number of carbonyl (C=O) groups is 1. The molecule has 1 saturated carbocycles. The lowest BCUT2D eigenvalue weighted by atomic mass is 9.84. The fourth-order valence-corrected chi connectivity index (χ4v) is 5.22. The molecule has 1 aliphatic rings. The summed E-state index contributed by atoms with van der Waals surface area (Å²) in [6.07, 6.45) is 8.15. The van der Waals surface area contributed by atoms with Gasteiger partial charge in [-0.2, -0.15) is 0 Å². The number of amides is 1. The molecule has 0 unspecified atom stereocenters. The Labute approximate surface area is 192 Å². The molecule has 4 rings (SSSR count). The van der Waals surface area contributed by atoms with Crippen molar-refractivity contribution >= 4 is 22.4 Å². The molecule has 0 aliphatic heterocycles. The number of pyridine rings is 1. The lowest BCUT2D eigenvalue weighted by Crippen LogP contribution is -2.36. The summed E-state index contributed by atoms with van der Waals surface area (Å²) in [6, 6.07) is 10.6. The van der Waals surface area contributed by atoms with Gasteiger partial charge in [0.25, 0.3) is 5.56 Å². The molecular formula is C25H29N3O3S. The second-order valence-corrected chi connectivity index (χ2v) is 9.27. The van der Waals surface area contributed by atoms with Crippen molar-refractivity contribution in [3.63, 3.8) is 0 Å². The smallest absolute Gasteiger partial charge is 0.252 e. The summed E-state index contributed by atoms with van der Waals surface area (Å²) in [7, 11) is 1.62. The SMILES string of the molecule is COc1ccccc1-c1cc(C)n([C@@H](CC2CCCCC2)C(=O)Nc2nccs2)c(=O)c1. The lowest BCUT2D eigenvalue weighted by molar-refractivity contribution is -0.120. The molecule has 0 saturated heterocycles. The molecular weight excluding hydrogens is 422 g/mol. The number of thiazole rings is 1. The van der Waals surface area contributed by atoms with E-state index in [0.29, 0.717) is 23.2 Å². The number of aryl methyl sites for hydroxylation is 1. The van der Waals surface area contributed by atoms with E-state index in [0.717, 1.165) is 29.7 Å². The Morgan fingerprint density at radius 2 is 2.03 bits per heavy atom. The van der Waals surface area contributed by atoms with Gasteiger partial charge in [0.15, 0.2) is 5.13 Å². The van der Waals surface area contributed by atoms with Crippen molar-refractivity contribution in [3.8, 4) is 16.9 Å². The standard InChI is InChI=1S/C25H29N3O3S/c1-17-14-19(20-10-6-7-11-22(20)31-2)16-23(29)28(17)21(15-18-8-4-3-5-9-18)24(30)27-25-26-12-13-32-25/h6-7,10-14,16,18,21H,3-5,8-9,15H2,1-2H3,(H,26,27,30)/t21-/m0/s1. The Morgan fingerprint density at radius 3 is 2.72 bits per heavy atom. The van der Waals surface area contributed by atoms with Gasteiger partial charge in [-0.15, -0.1) is 11.3 Å². The highest BCUT2D eigenvalue weighted by Crippen LogP contribution is 2.33. The van der Waals surface area contributed by atoms with E-state index in [9.17, 15) is 9.59 Å². The predicted molar refractivity (Wildman–Crippen MR) is 128 cm³/mol. The normalized spacial score (nSPS) is 15.3. The van der Waals surface area contributed by atoms with E-state index in [4.69, 9.17) is 4.74 Å². The van der Waals surface area contributed by atoms with Crippen LogP contribution < -0.4 is 15.6 Å². The third-order valence-electron chi connectivity index (χ3n) is 6.24. The molecule has 32 heavy (non-hydrogen) atoms. The van der Waals surface area contributed by atoms with E-state index in [-0.39, 0.29) is 11.5 Å². The molecule has 1 aromatic carbocycles. The molecule has 2 heterocycles. The van der Waals surface area contributed by atoms with Crippen molar-refractivity contribution in [2.24, 2.45) is 5.92 Å².